The molecular formula is C23H36O6. The molecule has 6 atom stereocenters. The van der Waals surface area contributed by atoms with E-state index in [0.717, 1.165) is 24.8 Å². The summed E-state index contributed by atoms with van der Waals surface area (Å²) in [4.78, 5) is 23.5. The molecule has 6 heteroatoms. The third-order valence-electron chi connectivity index (χ3n) is 7.96. The third-order valence-corrected chi connectivity index (χ3v) is 7.96. The largest absolute Gasteiger partial charge is 0.462 e. The zero-order valence-electron chi connectivity index (χ0n) is 18.6. The topological polar surface area (TPSA) is 82.1 Å². The van der Waals surface area contributed by atoms with Crippen LogP contribution in [0.5, 0.6) is 0 Å². The quantitative estimate of drug-likeness (QED) is 0.698. The molecular weight excluding hydrogens is 372 g/mol. The molecule has 1 heterocycles. The monoisotopic (exact) mass is 408 g/mol. The maximum Gasteiger partial charge on any atom is 0.333 e. The molecule has 2 fully saturated rings. The van der Waals surface area contributed by atoms with Gasteiger partial charge in [0.15, 0.2) is 0 Å². The van der Waals surface area contributed by atoms with E-state index in [9.17, 15) is 14.7 Å². The molecule has 0 bridgehead atoms. The summed E-state index contributed by atoms with van der Waals surface area (Å²) in [6.45, 7) is 10.2. The first kappa shape index (κ1) is 22.3. The summed E-state index contributed by atoms with van der Waals surface area (Å²) >= 11 is 0. The second kappa shape index (κ2) is 7.69. The third kappa shape index (κ3) is 3.74. The number of fused-ring (bicyclic) bond motifs is 1. The molecule has 0 spiro atoms. The first-order valence-electron chi connectivity index (χ1n) is 10.8. The minimum Gasteiger partial charge on any atom is -0.462 e. The summed E-state index contributed by atoms with van der Waals surface area (Å²) < 4.78 is 16.2. The lowest BCUT2D eigenvalue weighted by Crippen LogP contribution is -2.66. The SMILES string of the molecule is CO[C@@H]1OC(=O)C=C1CC[C@@]1(O)[C@H](C)C[C@@H](OC(C)=O)[C@H]2C(C)(C)CCC[C@@]21C. The number of carbonyl (C=O) groups excluding carboxylic acids is 2. The van der Waals surface area contributed by atoms with Gasteiger partial charge in [-0.05, 0) is 43.4 Å². The average Bonchev–Trinajstić information content (AvgIpc) is 2.96. The average molecular weight is 409 g/mol. The highest BCUT2D eigenvalue weighted by atomic mass is 16.7. The molecule has 0 radical (unpaired) electrons. The maximum atomic E-state index is 12.1. The van der Waals surface area contributed by atoms with Crippen LogP contribution in [-0.4, -0.2) is 42.1 Å². The number of esters is 2. The van der Waals surface area contributed by atoms with E-state index in [0.29, 0.717) is 19.3 Å². The Morgan fingerprint density at radius 1 is 1.31 bits per heavy atom. The molecule has 29 heavy (non-hydrogen) atoms. The second-order valence-electron chi connectivity index (χ2n) is 10.2. The zero-order chi connectivity index (χ0) is 21.6. The normalized spacial score (nSPS) is 41.3. The Kier molecular flexibility index (Phi) is 5.91. The number of ether oxygens (including phenoxy) is 3. The highest BCUT2D eigenvalue weighted by Gasteiger charge is 2.65. The van der Waals surface area contributed by atoms with E-state index < -0.39 is 17.9 Å². The lowest BCUT2D eigenvalue weighted by Gasteiger charge is -2.64. The van der Waals surface area contributed by atoms with E-state index in [2.05, 4.69) is 27.7 Å². The molecule has 6 nitrogen and oxygen atoms in total. The Labute approximate surface area is 174 Å². The Morgan fingerprint density at radius 3 is 2.62 bits per heavy atom. The molecule has 164 valence electrons. The number of hydrogen-bond donors (Lipinski definition) is 1. The molecule has 0 amide bonds. The van der Waals surface area contributed by atoms with Gasteiger partial charge in [0.2, 0.25) is 6.29 Å². The molecule has 0 saturated heterocycles. The fraction of sp³-hybridized carbons (Fsp3) is 0.826. The number of hydrogen-bond acceptors (Lipinski definition) is 6. The van der Waals surface area contributed by atoms with Gasteiger partial charge in [0.25, 0.3) is 0 Å². The molecule has 2 aliphatic carbocycles. The lowest BCUT2D eigenvalue weighted by atomic mass is 9.43. The number of rotatable bonds is 5. The van der Waals surface area contributed by atoms with Crippen LogP contribution in [-0.2, 0) is 23.8 Å². The van der Waals surface area contributed by atoms with Gasteiger partial charge in [-0.3, -0.25) is 4.79 Å². The highest BCUT2D eigenvalue weighted by Crippen LogP contribution is 2.64. The van der Waals surface area contributed by atoms with Gasteiger partial charge in [-0.25, -0.2) is 4.79 Å². The molecule has 2 saturated carbocycles. The smallest absolute Gasteiger partial charge is 0.333 e. The van der Waals surface area contributed by atoms with Gasteiger partial charge in [-0.1, -0.05) is 34.1 Å². The lowest BCUT2D eigenvalue weighted by molar-refractivity contribution is -0.249. The minimum absolute atomic E-state index is 0.0397. The van der Waals surface area contributed by atoms with Crippen LogP contribution in [0.4, 0.5) is 0 Å². The molecule has 0 aromatic heterocycles. The van der Waals surface area contributed by atoms with Crippen molar-refractivity contribution in [3.8, 4) is 0 Å². The van der Waals surface area contributed by atoms with Gasteiger partial charge >= 0.3 is 11.9 Å². The summed E-state index contributed by atoms with van der Waals surface area (Å²) in [5, 5.41) is 12.1. The van der Waals surface area contributed by atoms with E-state index in [1.54, 1.807) is 0 Å². The zero-order valence-corrected chi connectivity index (χ0v) is 18.6. The van der Waals surface area contributed by atoms with Crippen LogP contribution in [0.1, 0.15) is 73.1 Å². The Hall–Kier alpha value is -1.40. The van der Waals surface area contributed by atoms with Crippen molar-refractivity contribution in [3.63, 3.8) is 0 Å². The van der Waals surface area contributed by atoms with Crippen molar-refractivity contribution in [2.45, 2.75) is 91.1 Å². The Morgan fingerprint density at radius 2 is 2.00 bits per heavy atom. The number of cyclic esters (lactones) is 1. The number of methoxy groups -OCH3 is 1. The van der Waals surface area contributed by atoms with Crippen molar-refractivity contribution in [3.05, 3.63) is 11.6 Å². The van der Waals surface area contributed by atoms with Crippen molar-refractivity contribution < 1.29 is 28.9 Å². The van der Waals surface area contributed by atoms with Crippen molar-refractivity contribution in [2.24, 2.45) is 22.7 Å². The van der Waals surface area contributed by atoms with Crippen LogP contribution in [0, 0.1) is 22.7 Å². The van der Waals surface area contributed by atoms with Crippen molar-refractivity contribution in [1.82, 2.24) is 0 Å². The van der Waals surface area contributed by atoms with Gasteiger partial charge in [-0.2, -0.15) is 0 Å². The van der Waals surface area contributed by atoms with E-state index in [1.165, 1.54) is 20.1 Å². The van der Waals surface area contributed by atoms with Gasteiger partial charge in [0.05, 0.1) is 5.60 Å². The molecule has 0 aromatic carbocycles. The molecule has 0 aromatic rings. The summed E-state index contributed by atoms with van der Waals surface area (Å²) in [6, 6.07) is 0. The fourth-order valence-electron chi connectivity index (χ4n) is 6.75. The van der Waals surface area contributed by atoms with Crippen molar-refractivity contribution in [2.75, 3.05) is 7.11 Å². The van der Waals surface area contributed by atoms with Crippen LogP contribution in [0.2, 0.25) is 0 Å². The van der Waals surface area contributed by atoms with Gasteiger partial charge in [0, 0.05) is 37.0 Å². The van der Waals surface area contributed by atoms with Crippen LogP contribution in [0.25, 0.3) is 0 Å². The standard InChI is InChI=1S/C23H36O6/c1-14-12-17(28-15(2)24)19-21(3,4)9-7-10-22(19,5)23(14,26)11-8-16-13-18(25)29-20(16)27-6/h13-14,17,19-20,26H,7-12H2,1-6H3/t14-,17-,19+,20-,22+,23-/m1/s1. The maximum absolute atomic E-state index is 12.1. The van der Waals surface area contributed by atoms with Crippen LogP contribution in [0.15, 0.2) is 11.6 Å². The predicted molar refractivity (Wildman–Crippen MR) is 108 cm³/mol. The Balaban J connectivity index is 1.92. The van der Waals surface area contributed by atoms with E-state index >= 15 is 0 Å². The summed E-state index contributed by atoms with van der Waals surface area (Å²) in [5.41, 5.74) is -0.590. The highest BCUT2D eigenvalue weighted by molar-refractivity contribution is 5.85. The molecule has 0 unspecified atom stereocenters. The van der Waals surface area contributed by atoms with Gasteiger partial charge in [0.1, 0.15) is 6.10 Å². The molecule has 3 rings (SSSR count). The first-order valence-corrected chi connectivity index (χ1v) is 10.8. The minimum atomic E-state index is -0.934. The fourth-order valence-corrected chi connectivity index (χ4v) is 6.75. The summed E-state index contributed by atoms with van der Waals surface area (Å²) in [6.07, 6.45) is 5.30. The van der Waals surface area contributed by atoms with Gasteiger partial charge < -0.3 is 19.3 Å². The predicted octanol–water partition coefficient (Wildman–Crippen LogP) is 3.76. The van der Waals surface area contributed by atoms with Crippen molar-refractivity contribution in [1.29, 1.82) is 0 Å². The van der Waals surface area contributed by atoms with Crippen molar-refractivity contribution >= 4 is 11.9 Å². The molecule has 1 N–H and O–H groups in total. The number of carbonyl (C=O) groups is 2. The van der Waals surface area contributed by atoms with Crippen LogP contribution >= 0.6 is 0 Å². The van der Waals surface area contributed by atoms with E-state index in [1.807, 2.05) is 0 Å². The number of aliphatic hydroxyl groups is 1. The summed E-state index contributed by atoms with van der Waals surface area (Å²) in [7, 11) is 1.51. The van der Waals surface area contributed by atoms with E-state index in [-0.39, 0.29) is 34.7 Å². The Bertz CT molecular complexity index is 697. The van der Waals surface area contributed by atoms with Crippen LogP contribution in [0.3, 0.4) is 0 Å². The van der Waals surface area contributed by atoms with Crippen LogP contribution < -0.4 is 0 Å². The first-order chi connectivity index (χ1) is 13.4. The summed E-state index contributed by atoms with van der Waals surface area (Å²) in [5.74, 6) is -0.622. The second-order valence-corrected chi connectivity index (χ2v) is 10.2. The molecule has 3 aliphatic rings. The molecule has 1 aliphatic heterocycles. The van der Waals surface area contributed by atoms with E-state index in [4.69, 9.17) is 14.2 Å². The van der Waals surface area contributed by atoms with Gasteiger partial charge in [-0.15, -0.1) is 0 Å².